The van der Waals surface area contributed by atoms with E-state index in [1.165, 1.54) is 19.3 Å². The molecule has 1 aromatic heterocycles. The molecule has 2 N–H and O–H groups in total. The van der Waals surface area contributed by atoms with Crippen molar-refractivity contribution in [3.05, 3.63) is 41.1 Å². The maximum Gasteiger partial charge on any atom is 1.00 e. The van der Waals surface area contributed by atoms with Crippen molar-refractivity contribution in [1.82, 2.24) is 4.98 Å². The molecular weight excluding hydrogens is 409 g/mol. The number of carboxylic acid groups (broad SMARTS) is 1. The van der Waals surface area contributed by atoms with Gasteiger partial charge >= 0.3 is 35.5 Å². The Hall–Kier alpha value is -0.940. The third-order valence-electron chi connectivity index (χ3n) is 10.2. The fraction of sp³-hybridized carbons (Fsp3) is 0.630. The number of pyridine rings is 1. The molecule has 3 saturated carbocycles. The molecule has 2 aromatic rings. The van der Waals surface area contributed by atoms with E-state index in [0.29, 0.717) is 34.7 Å². The first-order valence-electron chi connectivity index (χ1n) is 12.2. The molecule has 0 bridgehead atoms. The molecule has 7 atom stereocenters. The largest absolute Gasteiger partial charge is 1.00 e. The van der Waals surface area contributed by atoms with E-state index in [1.54, 1.807) is 0 Å². The second kappa shape index (κ2) is 7.80. The van der Waals surface area contributed by atoms with Crippen molar-refractivity contribution in [1.29, 1.82) is 0 Å². The van der Waals surface area contributed by atoms with Gasteiger partial charge in [-0.2, -0.15) is 0 Å². The van der Waals surface area contributed by atoms with Crippen LogP contribution in [0.4, 0.5) is 0 Å². The summed E-state index contributed by atoms with van der Waals surface area (Å²) in [4.78, 5) is 17.5. The monoisotopic (exact) mass is 442 g/mol. The topological polar surface area (TPSA) is 70.4 Å². The van der Waals surface area contributed by atoms with Gasteiger partial charge < -0.3 is 10.2 Å². The van der Waals surface area contributed by atoms with Crippen LogP contribution in [0.25, 0.3) is 10.9 Å². The number of aromatic nitrogens is 1. The zero-order valence-corrected chi connectivity index (χ0v) is 21.6. The summed E-state index contributed by atoms with van der Waals surface area (Å²) < 4.78 is 0. The Morgan fingerprint density at radius 3 is 2.62 bits per heavy atom. The third kappa shape index (κ3) is 3.02. The number of nitrogens with zero attached hydrogens (tertiary/aromatic N) is 1. The van der Waals surface area contributed by atoms with Crippen molar-refractivity contribution in [3.8, 4) is 0 Å². The van der Waals surface area contributed by atoms with Crippen molar-refractivity contribution >= 4 is 16.9 Å². The number of benzene rings is 1. The van der Waals surface area contributed by atoms with Crippen LogP contribution >= 0.6 is 0 Å². The SMILES string of the molecule is C[C@]12CC[C@H](O)C[C@@H]1CC[C@@H]1[C@@H]2CC[C@]2(C)c3nc4ccccc4c(C(=O)O)c3C[C@@H]12.[Na+]. The number of fused-ring (bicyclic) bond motifs is 8. The van der Waals surface area contributed by atoms with Crippen LogP contribution in [0.15, 0.2) is 24.3 Å². The van der Waals surface area contributed by atoms with Crippen molar-refractivity contribution in [3.63, 3.8) is 0 Å². The Kier molecular flexibility index (Phi) is 5.56. The average Bonchev–Trinajstić information content (AvgIpc) is 3.04. The first kappa shape index (κ1) is 22.8. The van der Waals surface area contributed by atoms with Gasteiger partial charge in [0.2, 0.25) is 0 Å². The minimum Gasteiger partial charge on any atom is -0.478 e. The van der Waals surface area contributed by atoms with E-state index in [9.17, 15) is 15.0 Å². The number of carboxylic acids is 1. The van der Waals surface area contributed by atoms with Crippen LogP contribution in [0.2, 0.25) is 0 Å². The normalized spacial score (nSPS) is 39.9. The summed E-state index contributed by atoms with van der Waals surface area (Å²) in [6, 6.07) is 7.75. The molecule has 0 saturated heterocycles. The maximum atomic E-state index is 12.4. The number of aliphatic hydroxyl groups excluding tert-OH is 1. The Labute approximate surface area is 212 Å². The summed E-state index contributed by atoms with van der Waals surface area (Å²) in [5, 5.41) is 21.2. The number of para-hydroxylation sites is 1. The minimum atomic E-state index is -0.814. The van der Waals surface area contributed by atoms with Gasteiger partial charge in [-0.05, 0) is 92.1 Å². The van der Waals surface area contributed by atoms with Gasteiger partial charge in [-0.1, -0.05) is 32.0 Å². The number of aliphatic hydroxyl groups is 1. The van der Waals surface area contributed by atoms with Crippen LogP contribution in [0.3, 0.4) is 0 Å². The van der Waals surface area contributed by atoms with Gasteiger partial charge in [-0.3, -0.25) is 4.98 Å². The standard InChI is InChI=1S/C27H33NO3.Na/c1-26-11-9-16(29)13-15(26)7-8-17-20(26)10-12-27(2)21(17)14-19-23(25(30)31)18-5-3-4-6-22(18)28-24(19)27;/h3-6,15-17,20-21,29H,7-14H2,1-2H3,(H,30,31);/q;+1/t15-,16-,17+,20-,21-,26-,27-;/m0./s1. The molecular formula is C27H33NNaO3+. The van der Waals surface area contributed by atoms with Gasteiger partial charge in [0.15, 0.2) is 0 Å². The summed E-state index contributed by atoms with van der Waals surface area (Å²) in [6.07, 6.45) is 8.51. The molecule has 3 fully saturated rings. The summed E-state index contributed by atoms with van der Waals surface area (Å²) in [5.41, 5.74) is 3.69. The van der Waals surface area contributed by atoms with E-state index < -0.39 is 5.97 Å². The third-order valence-corrected chi connectivity index (χ3v) is 10.2. The molecule has 164 valence electrons. The van der Waals surface area contributed by atoms with Crippen molar-refractivity contribution in [2.45, 2.75) is 76.7 Å². The van der Waals surface area contributed by atoms with Crippen LogP contribution in [0.1, 0.15) is 80.4 Å². The Bertz CT molecular complexity index is 1090. The Morgan fingerprint density at radius 2 is 1.84 bits per heavy atom. The Balaban J connectivity index is 0.00000216. The zero-order valence-electron chi connectivity index (χ0n) is 19.6. The van der Waals surface area contributed by atoms with E-state index in [-0.39, 0.29) is 41.1 Å². The van der Waals surface area contributed by atoms with Crippen molar-refractivity contribution in [2.75, 3.05) is 0 Å². The fourth-order valence-corrected chi connectivity index (χ4v) is 8.61. The summed E-state index contributed by atoms with van der Waals surface area (Å²) in [6.45, 7) is 4.87. The maximum absolute atomic E-state index is 12.4. The van der Waals surface area contributed by atoms with Gasteiger partial charge in [0.05, 0.1) is 22.9 Å². The molecule has 1 heterocycles. The first-order valence-corrected chi connectivity index (χ1v) is 12.2. The van der Waals surface area contributed by atoms with Crippen LogP contribution in [-0.4, -0.2) is 27.3 Å². The first-order chi connectivity index (χ1) is 14.8. The van der Waals surface area contributed by atoms with Gasteiger partial charge in [0.1, 0.15) is 0 Å². The predicted molar refractivity (Wildman–Crippen MR) is 120 cm³/mol. The van der Waals surface area contributed by atoms with Crippen LogP contribution in [0.5, 0.6) is 0 Å². The van der Waals surface area contributed by atoms with Crippen LogP contribution in [0, 0.1) is 29.1 Å². The molecule has 4 aliphatic carbocycles. The van der Waals surface area contributed by atoms with E-state index in [0.717, 1.165) is 54.3 Å². The molecule has 4 aliphatic rings. The fourth-order valence-electron chi connectivity index (χ4n) is 8.61. The van der Waals surface area contributed by atoms with E-state index >= 15 is 0 Å². The molecule has 6 rings (SSSR count). The van der Waals surface area contributed by atoms with Crippen molar-refractivity contribution in [2.24, 2.45) is 29.1 Å². The minimum absolute atomic E-state index is 0. The molecule has 0 aliphatic heterocycles. The second-order valence-electron chi connectivity index (χ2n) is 11.4. The molecule has 0 spiro atoms. The number of hydrogen-bond acceptors (Lipinski definition) is 3. The summed E-state index contributed by atoms with van der Waals surface area (Å²) >= 11 is 0. The Morgan fingerprint density at radius 1 is 1.06 bits per heavy atom. The molecule has 32 heavy (non-hydrogen) atoms. The summed E-state index contributed by atoms with van der Waals surface area (Å²) in [7, 11) is 0. The van der Waals surface area contributed by atoms with E-state index in [2.05, 4.69) is 13.8 Å². The van der Waals surface area contributed by atoms with E-state index in [4.69, 9.17) is 4.98 Å². The quantitative estimate of drug-likeness (QED) is 0.666. The van der Waals surface area contributed by atoms with Crippen LogP contribution in [-0.2, 0) is 11.8 Å². The number of hydrogen-bond donors (Lipinski definition) is 2. The summed E-state index contributed by atoms with van der Waals surface area (Å²) in [5.74, 6) is 1.63. The average molecular weight is 443 g/mol. The van der Waals surface area contributed by atoms with Gasteiger partial charge in [0.25, 0.3) is 0 Å². The molecule has 0 unspecified atom stereocenters. The number of carbonyl (C=O) groups is 1. The molecule has 5 heteroatoms. The smallest absolute Gasteiger partial charge is 0.478 e. The molecule has 4 nitrogen and oxygen atoms in total. The molecule has 0 radical (unpaired) electrons. The molecule has 0 amide bonds. The number of rotatable bonds is 1. The zero-order chi connectivity index (χ0) is 21.5. The second-order valence-corrected chi connectivity index (χ2v) is 11.4. The predicted octanol–water partition coefficient (Wildman–Crippen LogP) is 2.35. The molecule has 1 aromatic carbocycles. The van der Waals surface area contributed by atoms with Gasteiger partial charge in [-0.25, -0.2) is 4.79 Å². The number of aromatic carboxylic acids is 1. The van der Waals surface area contributed by atoms with Gasteiger partial charge in [0, 0.05) is 10.8 Å². The van der Waals surface area contributed by atoms with Crippen molar-refractivity contribution < 1.29 is 44.6 Å². The van der Waals surface area contributed by atoms with Crippen LogP contribution < -0.4 is 29.6 Å². The van der Waals surface area contributed by atoms with E-state index in [1.807, 2.05) is 24.3 Å². The van der Waals surface area contributed by atoms with Gasteiger partial charge in [-0.15, -0.1) is 0 Å².